The highest BCUT2D eigenvalue weighted by Crippen LogP contribution is 2.35. The first-order valence-corrected chi connectivity index (χ1v) is 15.4. The van der Waals surface area contributed by atoms with Gasteiger partial charge in [-0.2, -0.15) is 0 Å². The summed E-state index contributed by atoms with van der Waals surface area (Å²) in [4.78, 5) is 10.5. The number of para-hydroxylation sites is 2. The normalized spacial score (nSPS) is 15.2. The Kier molecular flexibility index (Phi) is 5.28. The minimum absolute atomic E-state index is 0.429. The van der Waals surface area contributed by atoms with Crippen LogP contribution in [0.25, 0.3) is 65.4 Å². The van der Waals surface area contributed by atoms with Gasteiger partial charge in [-0.1, -0.05) is 91.0 Å². The van der Waals surface area contributed by atoms with Gasteiger partial charge in [-0.15, -0.1) is 0 Å². The van der Waals surface area contributed by atoms with Gasteiger partial charge in [-0.25, -0.2) is 9.98 Å². The molecule has 1 unspecified atom stereocenters. The molecule has 5 nitrogen and oxygen atoms in total. The lowest BCUT2D eigenvalue weighted by molar-refractivity contribution is 0.668. The molecule has 0 saturated carbocycles. The molecule has 9 aromatic rings. The average molecular weight is 592 g/mol. The molecule has 0 bridgehead atoms. The summed E-state index contributed by atoms with van der Waals surface area (Å²) in [5.41, 5.74) is 6.51. The summed E-state index contributed by atoms with van der Waals surface area (Å²) in [5, 5.41) is 12.5. The number of hydrogen-bond acceptors (Lipinski definition) is 5. The van der Waals surface area contributed by atoms with Gasteiger partial charge < -0.3 is 14.2 Å². The van der Waals surface area contributed by atoms with Crippen LogP contribution in [0.15, 0.2) is 158 Å². The van der Waals surface area contributed by atoms with Crippen molar-refractivity contribution in [1.29, 1.82) is 0 Å². The van der Waals surface area contributed by atoms with Gasteiger partial charge in [-0.05, 0) is 75.6 Å². The van der Waals surface area contributed by atoms with E-state index in [2.05, 4.69) is 108 Å². The Morgan fingerprint density at radius 3 is 1.96 bits per heavy atom. The number of benzene rings is 7. The van der Waals surface area contributed by atoms with E-state index in [1.54, 1.807) is 0 Å². The van der Waals surface area contributed by atoms with Crippen molar-refractivity contribution in [3.8, 4) is 0 Å². The summed E-state index contributed by atoms with van der Waals surface area (Å²) in [6, 6.07) is 48.2. The molecule has 0 saturated heterocycles. The number of hydrogen-bond donors (Lipinski definition) is 1. The number of rotatable bonds is 3. The third-order valence-electron chi connectivity index (χ3n) is 9.09. The summed E-state index contributed by atoms with van der Waals surface area (Å²) in [5.74, 6) is 1.54. The monoisotopic (exact) mass is 591 g/mol. The van der Waals surface area contributed by atoms with Gasteiger partial charge in [0.2, 0.25) is 0 Å². The first kappa shape index (κ1) is 25.2. The Labute approximate surface area is 263 Å². The largest absolute Gasteiger partial charge is 0.456 e. The fraction of sp³-hybridized carbons (Fsp3) is 0.0244. The summed E-state index contributed by atoms with van der Waals surface area (Å²) >= 11 is 0. The molecule has 0 amide bonds. The number of nitrogens with zero attached hydrogens (tertiary/aromatic N) is 2. The molecule has 3 heterocycles. The number of aliphatic imine (C=N–C) groups is 2. The minimum atomic E-state index is -0.429. The standard InChI is InChI=1S/C41H25N3O2/c1-2-9-25-20-27(17-16-24(25)8-1)39-42-40(28-18-19-37-33(21-28)29-11-3-5-14-35(29)45-37)44-41(43-39)31-13-7-10-26-22-38-34(23-32(26)31)30-12-4-6-15-36(30)46-38/h1-23,39H,(H,42,43,44). The lowest BCUT2D eigenvalue weighted by Crippen LogP contribution is -2.36. The third kappa shape index (κ3) is 3.88. The lowest BCUT2D eigenvalue weighted by Gasteiger charge is -2.23. The Hall–Kier alpha value is -6.20. The zero-order chi connectivity index (χ0) is 30.2. The molecule has 7 aromatic carbocycles. The molecule has 1 aliphatic rings. The van der Waals surface area contributed by atoms with Gasteiger partial charge in [0, 0.05) is 32.7 Å². The van der Waals surface area contributed by atoms with Crippen LogP contribution >= 0.6 is 0 Å². The number of amidine groups is 2. The topological polar surface area (TPSA) is 63.0 Å². The molecular formula is C41H25N3O2. The van der Waals surface area contributed by atoms with Gasteiger partial charge >= 0.3 is 0 Å². The lowest BCUT2D eigenvalue weighted by atomic mass is 9.99. The SMILES string of the molecule is c1ccc2cc(C3N=C(c4ccc5oc6ccccc6c5c4)NC(c4cccc5cc6oc7ccccc7c6cc45)=N3)ccc2c1. The van der Waals surface area contributed by atoms with Crippen molar-refractivity contribution in [2.45, 2.75) is 6.17 Å². The van der Waals surface area contributed by atoms with Crippen LogP contribution in [-0.4, -0.2) is 11.7 Å². The van der Waals surface area contributed by atoms with E-state index in [0.717, 1.165) is 88.4 Å². The minimum Gasteiger partial charge on any atom is -0.456 e. The van der Waals surface area contributed by atoms with E-state index < -0.39 is 6.17 Å². The van der Waals surface area contributed by atoms with Crippen LogP contribution in [0.2, 0.25) is 0 Å². The predicted octanol–water partition coefficient (Wildman–Crippen LogP) is 10.3. The molecule has 5 heteroatoms. The molecule has 46 heavy (non-hydrogen) atoms. The van der Waals surface area contributed by atoms with Crippen LogP contribution in [0.3, 0.4) is 0 Å². The van der Waals surface area contributed by atoms with Gasteiger partial charge in [0.1, 0.15) is 34.0 Å². The fourth-order valence-corrected chi connectivity index (χ4v) is 6.83. The third-order valence-corrected chi connectivity index (χ3v) is 9.09. The molecule has 0 fully saturated rings. The average Bonchev–Trinajstić information content (AvgIpc) is 3.67. The van der Waals surface area contributed by atoms with Crippen LogP contribution in [0.5, 0.6) is 0 Å². The maximum absolute atomic E-state index is 6.22. The summed E-state index contributed by atoms with van der Waals surface area (Å²) in [7, 11) is 0. The molecule has 2 aromatic heterocycles. The van der Waals surface area contributed by atoms with Crippen LogP contribution in [0.1, 0.15) is 22.9 Å². The molecule has 0 spiro atoms. The quantitative estimate of drug-likeness (QED) is 0.222. The van der Waals surface area contributed by atoms with E-state index >= 15 is 0 Å². The zero-order valence-corrected chi connectivity index (χ0v) is 24.6. The van der Waals surface area contributed by atoms with Crippen LogP contribution in [0, 0.1) is 0 Å². The van der Waals surface area contributed by atoms with E-state index in [-0.39, 0.29) is 0 Å². The summed E-state index contributed by atoms with van der Waals surface area (Å²) < 4.78 is 12.3. The molecule has 1 N–H and O–H groups in total. The molecule has 216 valence electrons. The molecule has 1 aliphatic heterocycles. The van der Waals surface area contributed by atoms with Gasteiger partial charge in [0.05, 0.1) is 0 Å². The van der Waals surface area contributed by atoms with Crippen LogP contribution < -0.4 is 5.32 Å². The van der Waals surface area contributed by atoms with Crippen molar-refractivity contribution < 1.29 is 8.83 Å². The Morgan fingerprint density at radius 2 is 1.11 bits per heavy atom. The van der Waals surface area contributed by atoms with Crippen LogP contribution in [0.4, 0.5) is 0 Å². The van der Waals surface area contributed by atoms with Gasteiger partial charge in [0.25, 0.3) is 0 Å². The second-order valence-corrected chi connectivity index (χ2v) is 11.8. The molecule has 0 aliphatic carbocycles. The molecular weight excluding hydrogens is 566 g/mol. The van der Waals surface area contributed by atoms with E-state index in [4.69, 9.17) is 18.8 Å². The van der Waals surface area contributed by atoms with Crippen molar-refractivity contribution in [2.24, 2.45) is 9.98 Å². The smallest absolute Gasteiger partial charge is 0.169 e. The Morgan fingerprint density at radius 1 is 0.435 bits per heavy atom. The summed E-state index contributed by atoms with van der Waals surface area (Å²) in [6.07, 6.45) is -0.429. The molecule has 1 atom stereocenters. The first-order chi connectivity index (χ1) is 22.7. The maximum atomic E-state index is 6.22. The van der Waals surface area contributed by atoms with Crippen LogP contribution in [-0.2, 0) is 0 Å². The van der Waals surface area contributed by atoms with Gasteiger partial charge in [-0.3, -0.25) is 0 Å². The van der Waals surface area contributed by atoms with Crippen molar-refractivity contribution in [1.82, 2.24) is 5.32 Å². The number of fused-ring (bicyclic) bond motifs is 8. The zero-order valence-electron chi connectivity index (χ0n) is 24.6. The second kappa shape index (κ2) is 9.65. The van der Waals surface area contributed by atoms with Crippen molar-refractivity contribution in [3.05, 3.63) is 156 Å². The van der Waals surface area contributed by atoms with Crippen molar-refractivity contribution in [3.63, 3.8) is 0 Å². The van der Waals surface area contributed by atoms with Crippen molar-refractivity contribution in [2.75, 3.05) is 0 Å². The van der Waals surface area contributed by atoms with E-state index in [9.17, 15) is 0 Å². The molecule has 0 radical (unpaired) electrons. The number of furan rings is 2. The number of nitrogens with one attached hydrogen (secondary N) is 1. The fourth-order valence-electron chi connectivity index (χ4n) is 6.83. The van der Waals surface area contributed by atoms with Gasteiger partial charge in [0.15, 0.2) is 6.17 Å². The second-order valence-electron chi connectivity index (χ2n) is 11.8. The predicted molar refractivity (Wildman–Crippen MR) is 188 cm³/mol. The van der Waals surface area contributed by atoms with E-state index in [0.29, 0.717) is 0 Å². The first-order valence-electron chi connectivity index (χ1n) is 15.4. The highest BCUT2D eigenvalue weighted by molar-refractivity contribution is 6.22. The Balaban J connectivity index is 1.17. The summed E-state index contributed by atoms with van der Waals surface area (Å²) in [6.45, 7) is 0. The highest BCUT2D eigenvalue weighted by Gasteiger charge is 2.23. The van der Waals surface area contributed by atoms with E-state index in [1.165, 1.54) is 5.39 Å². The highest BCUT2D eigenvalue weighted by atomic mass is 16.3. The maximum Gasteiger partial charge on any atom is 0.169 e. The van der Waals surface area contributed by atoms with E-state index in [1.807, 2.05) is 36.4 Å². The molecule has 10 rings (SSSR count). The Bertz CT molecular complexity index is 2750. The van der Waals surface area contributed by atoms with Crippen molar-refractivity contribution >= 4 is 77.1 Å².